The fourth-order valence-electron chi connectivity index (χ4n) is 2.93. The SMILES string of the molecule is CC1CCC(c2nnc(Cl)c3ccccc23)CC1. The van der Waals surface area contributed by atoms with Gasteiger partial charge < -0.3 is 0 Å². The highest BCUT2D eigenvalue weighted by molar-refractivity contribution is 6.34. The molecule has 1 aromatic heterocycles. The molecule has 0 amide bonds. The summed E-state index contributed by atoms with van der Waals surface area (Å²) >= 11 is 6.12. The van der Waals surface area contributed by atoms with E-state index in [0.717, 1.165) is 17.0 Å². The highest BCUT2D eigenvalue weighted by Gasteiger charge is 2.23. The number of fused-ring (bicyclic) bond motifs is 1. The molecule has 0 bridgehead atoms. The molecule has 3 rings (SSSR count). The first-order valence-corrected chi connectivity index (χ1v) is 7.04. The predicted octanol–water partition coefficient (Wildman–Crippen LogP) is 4.58. The van der Waals surface area contributed by atoms with Crippen LogP contribution >= 0.6 is 11.6 Å². The Balaban J connectivity index is 2.04. The zero-order chi connectivity index (χ0) is 12.5. The molecule has 0 radical (unpaired) electrons. The molecular formula is C15H17ClN2. The van der Waals surface area contributed by atoms with E-state index in [9.17, 15) is 0 Å². The van der Waals surface area contributed by atoms with Crippen molar-refractivity contribution >= 4 is 22.4 Å². The van der Waals surface area contributed by atoms with E-state index in [1.54, 1.807) is 0 Å². The molecule has 0 atom stereocenters. The normalized spacial score (nSPS) is 24.3. The predicted molar refractivity (Wildman–Crippen MR) is 74.9 cm³/mol. The third-order valence-electron chi connectivity index (χ3n) is 4.07. The minimum absolute atomic E-state index is 0.513. The van der Waals surface area contributed by atoms with Gasteiger partial charge in [0, 0.05) is 16.7 Å². The van der Waals surface area contributed by atoms with E-state index in [1.807, 2.05) is 12.1 Å². The van der Waals surface area contributed by atoms with Gasteiger partial charge in [-0.1, -0.05) is 55.6 Å². The largest absolute Gasteiger partial charge is 0.159 e. The summed E-state index contributed by atoms with van der Waals surface area (Å²) in [4.78, 5) is 0. The zero-order valence-electron chi connectivity index (χ0n) is 10.6. The number of aromatic nitrogens is 2. The van der Waals surface area contributed by atoms with E-state index in [-0.39, 0.29) is 0 Å². The van der Waals surface area contributed by atoms with Gasteiger partial charge in [0.25, 0.3) is 0 Å². The number of hydrogen-bond donors (Lipinski definition) is 0. The smallest absolute Gasteiger partial charge is 0.153 e. The average Bonchev–Trinajstić information content (AvgIpc) is 2.41. The molecule has 1 heterocycles. The number of rotatable bonds is 1. The van der Waals surface area contributed by atoms with Crippen molar-refractivity contribution in [1.29, 1.82) is 0 Å². The van der Waals surface area contributed by atoms with Gasteiger partial charge >= 0.3 is 0 Å². The molecule has 1 aromatic carbocycles. The van der Waals surface area contributed by atoms with Crippen LogP contribution in [0.5, 0.6) is 0 Å². The Morgan fingerprint density at radius 1 is 1.00 bits per heavy atom. The van der Waals surface area contributed by atoms with Crippen molar-refractivity contribution in [2.24, 2.45) is 5.92 Å². The summed E-state index contributed by atoms with van der Waals surface area (Å²) in [5, 5.41) is 11.2. The average molecular weight is 261 g/mol. The van der Waals surface area contributed by atoms with Crippen LogP contribution < -0.4 is 0 Å². The maximum Gasteiger partial charge on any atom is 0.159 e. The fourth-order valence-corrected chi connectivity index (χ4v) is 3.13. The Hall–Kier alpha value is -1.15. The van der Waals surface area contributed by atoms with E-state index in [1.165, 1.54) is 31.1 Å². The van der Waals surface area contributed by atoms with Crippen molar-refractivity contribution in [3.8, 4) is 0 Å². The van der Waals surface area contributed by atoms with E-state index in [4.69, 9.17) is 11.6 Å². The molecule has 0 saturated heterocycles. The molecule has 1 saturated carbocycles. The first kappa shape index (κ1) is 11.9. The second-order valence-corrected chi connectivity index (χ2v) is 5.74. The number of hydrogen-bond acceptors (Lipinski definition) is 2. The fraction of sp³-hybridized carbons (Fsp3) is 0.467. The van der Waals surface area contributed by atoms with Gasteiger partial charge in [0.2, 0.25) is 0 Å². The molecule has 1 aliphatic rings. The maximum atomic E-state index is 6.12. The lowest BCUT2D eigenvalue weighted by Crippen LogP contribution is -2.13. The lowest BCUT2D eigenvalue weighted by molar-refractivity contribution is 0.344. The molecule has 94 valence electrons. The highest BCUT2D eigenvalue weighted by Crippen LogP contribution is 2.37. The summed E-state index contributed by atoms with van der Waals surface area (Å²) in [6.45, 7) is 2.34. The van der Waals surface area contributed by atoms with Crippen molar-refractivity contribution < 1.29 is 0 Å². The lowest BCUT2D eigenvalue weighted by atomic mass is 9.80. The summed E-state index contributed by atoms with van der Waals surface area (Å²) < 4.78 is 0. The van der Waals surface area contributed by atoms with Crippen molar-refractivity contribution in [3.05, 3.63) is 35.1 Å². The molecule has 0 spiro atoms. The third kappa shape index (κ3) is 2.10. The Bertz CT molecular complexity index is 559. The van der Waals surface area contributed by atoms with E-state index >= 15 is 0 Å². The standard InChI is InChI=1S/C15H17ClN2/c1-10-6-8-11(9-7-10)14-12-4-2-3-5-13(12)15(16)18-17-14/h2-5,10-11H,6-9H2,1H3. The Kier molecular flexibility index (Phi) is 3.21. The van der Waals surface area contributed by atoms with Crippen LogP contribution in [0.3, 0.4) is 0 Å². The minimum Gasteiger partial charge on any atom is -0.153 e. The van der Waals surface area contributed by atoms with Crippen LogP contribution in [0.4, 0.5) is 0 Å². The van der Waals surface area contributed by atoms with Gasteiger partial charge in [-0.3, -0.25) is 0 Å². The molecule has 0 aliphatic heterocycles. The van der Waals surface area contributed by atoms with Gasteiger partial charge in [-0.05, 0) is 18.8 Å². The second-order valence-electron chi connectivity index (χ2n) is 5.38. The van der Waals surface area contributed by atoms with Crippen LogP contribution in [0.15, 0.2) is 24.3 Å². The lowest BCUT2D eigenvalue weighted by Gasteiger charge is -2.26. The van der Waals surface area contributed by atoms with Crippen molar-refractivity contribution in [1.82, 2.24) is 10.2 Å². The molecule has 18 heavy (non-hydrogen) atoms. The summed E-state index contributed by atoms with van der Waals surface area (Å²) in [5.41, 5.74) is 1.14. The van der Waals surface area contributed by atoms with E-state index < -0.39 is 0 Å². The monoisotopic (exact) mass is 260 g/mol. The third-order valence-corrected chi connectivity index (χ3v) is 4.35. The molecule has 3 heteroatoms. The van der Waals surface area contributed by atoms with Gasteiger partial charge in [0.15, 0.2) is 5.15 Å². The van der Waals surface area contributed by atoms with Crippen molar-refractivity contribution in [2.75, 3.05) is 0 Å². The van der Waals surface area contributed by atoms with Crippen molar-refractivity contribution in [2.45, 2.75) is 38.5 Å². The van der Waals surface area contributed by atoms with Crippen LogP contribution in [0.1, 0.15) is 44.2 Å². The molecule has 1 fully saturated rings. The van der Waals surface area contributed by atoms with Gasteiger partial charge in [-0.2, -0.15) is 5.10 Å². The molecule has 0 unspecified atom stereocenters. The summed E-state index contributed by atoms with van der Waals surface area (Å²) in [5.74, 6) is 1.41. The Morgan fingerprint density at radius 2 is 1.67 bits per heavy atom. The molecular weight excluding hydrogens is 244 g/mol. The first-order chi connectivity index (χ1) is 8.75. The molecule has 2 nitrogen and oxygen atoms in total. The van der Waals surface area contributed by atoms with Crippen LogP contribution in [0.25, 0.3) is 10.8 Å². The minimum atomic E-state index is 0.513. The van der Waals surface area contributed by atoms with E-state index in [0.29, 0.717) is 11.1 Å². The van der Waals surface area contributed by atoms with Crippen LogP contribution in [0, 0.1) is 5.92 Å². The maximum absolute atomic E-state index is 6.12. The number of benzene rings is 1. The van der Waals surface area contributed by atoms with Gasteiger partial charge in [0.1, 0.15) is 0 Å². The first-order valence-electron chi connectivity index (χ1n) is 6.66. The van der Waals surface area contributed by atoms with Crippen LogP contribution in [-0.4, -0.2) is 10.2 Å². The summed E-state index contributed by atoms with van der Waals surface area (Å²) in [6.07, 6.45) is 5.04. The molecule has 2 aromatic rings. The van der Waals surface area contributed by atoms with Crippen LogP contribution in [-0.2, 0) is 0 Å². The Morgan fingerprint density at radius 3 is 2.39 bits per heavy atom. The topological polar surface area (TPSA) is 25.8 Å². The summed E-state index contributed by atoms with van der Waals surface area (Å²) in [6, 6.07) is 8.20. The van der Waals surface area contributed by atoms with E-state index in [2.05, 4.69) is 29.3 Å². The van der Waals surface area contributed by atoms with Crippen molar-refractivity contribution in [3.63, 3.8) is 0 Å². The van der Waals surface area contributed by atoms with Gasteiger partial charge in [-0.25, -0.2) is 0 Å². The van der Waals surface area contributed by atoms with Gasteiger partial charge in [0.05, 0.1) is 5.69 Å². The second kappa shape index (κ2) is 4.85. The quantitative estimate of drug-likeness (QED) is 0.750. The van der Waals surface area contributed by atoms with Gasteiger partial charge in [-0.15, -0.1) is 5.10 Å². The highest BCUT2D eigenvalue weighted by atomic mass is 35.5. The number of halogens is 1. The Labute approximate surface area is 112 Å². The zero-order valence-corrected chi connectivity index (χ0v) is 11.3. The molecule has 0 N–H and O–H groups in total. The summed E-state index contributed by atoms with van der Waals surface area (Å²) in [7, 11) is 0. The number of nitrogens with zero attached hydrogens (tertiary/aromatic N) is 2. The van der Waals surface area contributed by atoms with Crippen LogP contribution in [0.2, 0.25) is 5.15 Å². The molecule has 1 aliphatic carbocycles.